The van der Waals surface area contributed by atoms with E-state index in [2.05, 4.69) is 67.5 Å². The number of rotatable bonds is 4. The maximum Gasteiger partial charge on any atom is 0.217 e. The van der Waals surface area contributed by atoms with E-state index in [1.165, 1.54) is 6.92 Å². The highest BCUT2D eigenvalue weighted by Crippen LogP contribution is 2.31. The molecule has 22 heavy (non-hydrogen) atoms. The van der Waals surface area contributed by atoms with E-state index in [0.717, 1.165) is 31.2 Å². The van der Waals surface area contributed by atoms with Crippen molar-refractivity contribution in [3.05, 3.63) is 63.0 Å². The molecular weight excluding hydrogens is 406 g/mol. The molecule has 0 atom stereocenters. The van der Waals surface area contributed by atoms with Gasteiger partial charge >= 0.3 is 0 Å². The molecule has 2 aromatic carbocycles. The minimum atomic E-state index is -0.0144. The van der Waals surface area contributed by atoms with Crippen LogP contribution in [0.5, 0.6) is 0 Å². The van der Waals surface area contributed by atoms with Crippen molar-refractivity contribution in [1.29, 1.82) is 0 Å². The normalized spacial score (nSPS) is 11.4. The number of allylic oxidation sites excluding steroid dienone is 1. The van der Waals surface area contributed by atoms with Gasteiger partial charge in [0.25, 0.3) is 0 Å². The summed E-state index contributed by atoms with van der Waals surface area (Å²) in [6.45, 7) is 4.13. The molecule has 114 valence electrons. The van der Waals surface area contributed by atoms with E-state index in [4.69, 9.17) is 0 Å². The summed E-state index contributed by atoms with van der Waals surface area (Å²) in [6, 6.07) is 14.6. The lowest BCUT2D eigenvalue weighted by atomic mass is 10.0. The van der Waals surface area contributed by atoms with Gasteiger partial charge in [0, 0.05) is 22.4 Å². The van der Waals surface area contributed by atoms with E-state index >= 15 is 0 Å². The quantitative estimate of drug-likeness (QED) is 0.700. The lowest BCUT2D eigenvalue weighted by molar-refractivity contribution is -0.118. The fourth-order valence-corrected chi connectivity index (χ4v) is 3.38. The van der Waals surface area contributed by atoms with Crippen molar-refractivity contribution >= 4 is 43.3 Å². The molecule has 0 spiro atoms. The zero-order chi connectivity index (χ0) is 16.1. The SMILES string of the molecule is CC(=O)NCC=C(C)c1ccc(-c2ccc(Br)cc2Br)cc1. The van der Waals surface area contributed by atoms with Crippen LogP contribution in [0, 0.1) is 0 Å². The molecule has 0 fully saturated rings. The molecule has 4 heteroatoms. The van der Waals surface area contributed by atoms with E-state index in [-0.39, 0.29) is 5.91 Å². The number of hydrogen-bond donors (Lipinski definition) is 1. The van der Waals surface area contributed by atoms with Crippen LogP contribution in [0.15, 0.2) is 57.5 Å². The average molecular weight is 423 g/mol. The third-order valence-corrected chi connectivity index (χ3v) is 4.49. The molecule has 0 aliphatic carbocycles. The molecule has 0 saturated heterocycles. The van der Waals surface area contributed by atoms with Gasteiger partial charge in [-0.1, -0.05) is 68.3 Å². The fraction of sp³-hybridized carbons (Fsp3) is 0.167. The first kappa shape index (κ1) is 17.0. The summed E-state index contributed by atoms with van der Waals surface area (Å²) in [4.78, 5) is 10.9. The molecule has 0 radical (unpaired) electrons. The molecule has 2 aromatic rings. The van der Waals surface area contributed by atoms with Crippen molar-refractivity contribution in [2.75, 3.05) is 6.54 Å². The summed E-state index contributed by atoms with van der Waals surface area (Å²) in [5.74, 6) is -0.0144. The number of carbonyl (C=O) groups is 1. The van der Waals surface area contributed by atoms with Gasteiger partial charge in [-0.25, -0.2) is 0 Å². The van der Waals surface area contributed by atoms with E-state index in [1.54, 1.807) is 0 Å². The maximum atomic E-state index is 10.9. The van der Waals surface area contributed by atoms with Crippen molar-refractivity contribution in [1.82, 2.24) is 5.32 Å². The Bertz CT molecular complexity index is 706. The van der Waals surface area contributed by atoms with Gasteiger partial charge in [-0.3, -0.25) is 4.79 Å². The second-order valence-electron chi connectivity index (χ2n) is 5.03. The first-order chi connectivity index (χ1) is 10.5. The summed E-state index contributed by atoms with van der Waals surface area (Å²) in [5, 5.41) is 2.77. The second kappa shape index (κ2) is 7.75. The maximum absolute atomic E-state index is 10.9. The molecule has 0 bridgehead atoms. The molecule has 0 heterocycles. The van der Waals surface area contributed by atoms with E-state index in [0.29, 0.717) is 6.54 Å². The van der Waals surface area contributed by atoms with Crippen molar-refractivity contribution in [2.45, 2.75) is 13.8 Å². The molecule has 0 aliphatic rings. The van der Waals surface area contributed by atoms with E-state index in [1.807, 2.05) is 25.1 Å². The Labute approximate surface area is 147 Å². The minimum absolute atomic E-state index is 0.0144. The van der Waals surface area contributed by atoms with Gasteiger partial charge in [-0.05, 0) is 41.3 Å². The highest BCUT2D eigenvalue weighted by atomic mass is 79.9. The topological polar surface area (TPSA) is 29.1 Å². The highest BCUT2D eigenvalue weighted by Gasteiger charge is 2.04. The first-order valence-electron chi connectivity index (χ1n) is 6.94. The minimum Gasteiger partial charge on any atom is -0.353 e. The number of halogens is 2. The molecular formula is C18H17Br2NO. The van der Waals surface area contributed by atoms with Gasteiger partial charge in [0.05, 0.1) is 0 Å². The average Bonchev–Trinajstić information content (AvgIpc) is 2.47. The first-order valence-corrected chi connectivity index (χ1v) is 8.53. The van der Waals surface area contributed by atoms with Crippen molar-refractivity contribution < 1.29 is 4.79 Å². The molecule has 0 saturated carbocycles. The second-order valence-corrected chi connectivity index (χ2v) is 6.80. The van der Waals surface area contributed by atoms with Crippen molar-refractivity contribution in [3.63, 3.8) is 0 Å². The zero-order valence-corrected chi connectivity index (χ0v) is 15.7. The Morgan fingerprint density at radius 1 is 1.09 bits per heavy atom. The Morgan fingerprint density at radius 2 is 1.77 bits per heavy atom. The summed E-state index contributed by atoms with van der Waals surface area (Å²) >= 11 is 7.06. The number of hydrogen-bond acceptors (Lipinski definition) is 1. The summed E-state index contributed by atoms with van der Waals surface area (Å²) < 4.78 is 2.11. The Hall–Kier alpha value is -1.39. The smallest absolute Gasteiger partial charge is 0.217 e. The van der Waals surface area contributed by atoms with Crippen LogP contribution in [-0.4, -0.2) is 12.5 Å². The van der Waals surface area contributed by atoms with Gasteiger partial charge in [0.1, 0.15) is 0 Å². The summed E-state index contributed by atoms with van der Waals surface area (Å²) in [6.07, 6.45) is 2.02. The van der Waals surface area contributed by atoms with Crippen LogP contribution in [0.2, 0.25) is 0 Å². The van der Waals surface area contributed by atoms with Crippen LogP contribution in [0.4, 0.5) is 0 Å². The van der Waals surface area contributed by atoms with Gasteiger partial charge in [0.2, 0.25) is 5.91 Å². The van der Waals surface area contributed by atoms with Crippen LogP contribution in [0.3, 0.4) is 0 Å². The Balaban J connectivity index is 2.18. The van der Waals surface area contributed by atoms with Gasteiger partial charge in [-0.15, -0.1) is 0 Å². The van der Waals surface area contributed by atoms with Gasteiger partial charge in [0.15, 0.2) is 0 Å². The third kappa shape index (κ3) is 4.55. The standard InChI is InChI=1S/C18H17Br2NO/c1-12(9-10-21-13(2)22)14-3-5-15(6-4-14)17-8-7-16(19)11-18(17)20/h3-9,11H,10H2,1-2H3,(H,21,22). The number of nitrogens with one attached hydrogen (secondary N) is 1. The molecule has 2 rings (SSSR count). The van der Waals surface area contributed by atoms with Crippen LogP contribution in [0.25, 0.3) is 16.7 Å². The monoisotopic (exact) mass is 421 g/mol. The van der Waals surface area contributed by atoms with E-state index < -0.39 is 0 Å². The lowest BCUT2D eigenvalue weighted by Gasteiger charge is -2.08. The molecule has 0 unspecified atom stereocenters. The number of amides is 1. The predicted molar refractivity (Wildman–Crippen MR) is 99.6 cm³/mol. The van der Waals surface area contributed by atoms with Crippen LogP contribution in [0.1, 0.15) is 19.4 Å². The van der Waals surface area contributed by atoms with Gasteiger partial charge in [-0.2, -0.15) is 0 Å². The zero-order valence-electron chi connectivity index (χ0n) is 12.5. The fourth-order valence-electron chi connectivity index (χ4n) is 2.10. The molecule has 0 aromatic heterocycles. The van der Waals surface area contributed by atoms with Crippen molar-refractivity contribution in [3.8, 4) is 11.1 Å². The van der Waals surface area contributed by atoms with Crippen LogP contribution < -0.4 is 5.32 Å². The molecule has 1 N–H and O–H groups in total. The summed E-state index contributed by atoms with van der Waals surface area (Å²) in [7, 11) is 0. The largest absolute Gasteiger partial charge is 0.353 e. The van der Waals surface area contributed by atoms with Gasteiger partial charge < -0.3 is 5.32 Å². The molecule has 0 aliphatic heterocycles. The summed E-state index contributed by atoms with van der Waals surface area (Å²) in [5.41, 5.74) is 4.63. The molecule has 1 amide bonds. The van der Waals surface area contributed by atoms with Crippen LogP contribution in [-0.2, 0) is 4.79 Å². The molecule has 2 nitrogen and oxygen atoms in total. The Morgan fingerprint density at radius 3 is 2.36 bits per heavy atom. The van der Waals surface area contributed by atoms with E-state index in [9.17, 15) is 4.79 Å². The van der Waals surface area contributed by atoms with Crippen molar-refractivity contribution in [2.24, 2.45) is 0 Å². The Kier molecular flexibility index (Phi) is 5.98. The third-order valence-electron chi connectivity index (χ3n) is 3.34. The lowest BCUT2D eigenvalue weighted by Crippen LogP contribution is -2.19. The highest BCUT2D eigenvalue weighted by molar-refractivity contribution is 9.11. The van der Waals surface area contributed by atoms with Crippen LogP contribution >= 0.6 is 31.9 Å². The number of benzene rings is 2. The predicted octanol–water partition coefficient (Wildman–Crippen LogP) is 5.42. The number of carbonyl (C=O) groups excluding carboxylic acids is 1.